The smallest absolute Gasteiger partial charge is 0.00958 e. The molecule has 0 unspecified atom stereocenters. The molecule has 0 heteroatoms. The molecule has 46 valence electrons. The van der Waals surface area contributed by atoms with Crippen molar-refractivity contribution in [2.75, 3.05) is 0 Å². The molecule has 0 aromatic carbocycles. The third-order valence-electron chi connectivity index (χ3n) is 1.96. The highest BCUT2D eigenvalue weighted by Crippen LogP contribution is 2.32. The predicted molar refractivity (Wildman–Crippen MR) is 39.2 cm³/mol. The van der Waals surface area contributed by atoms with E-state index < -0.39 is 0 Å². The van der Waals surface area contributed by atoms with Crippen LogP contribution in [0.2, 0.25) is 0 Å². The topological polar surface area (TPSA) is 0 Å². The van der Waals surface area contributed by atoms with Crippen LogP contribution in [0.5, 0.6) is 0 Å². The zero-order chi connectivity index (χ0) is 6.27. The summed E-state index contributed by atoms with van der Waals surface area (Å²) in [5.41, 5.74) is 4.62. The standard InChI is InChI=1S/C9H10/c1-7-5-8-3-2-4-9(8)6-7/h2-3,5H,4,6H2,1H3. The fraction of sp³-hybridized carbons (Fsp3) is 0.333. The Morgan fingerprint density at radius 2 is 2.33 bits per heavy atom. The van der Waals surface area contributed by atoms with Crippen LogP contribution in [-0.4, -0.2) is 0 Å². The van der Waals surface area contributed by atoms with Crippen molar-refractivity contribution in [2.45, 2.75) is 19.8 Å². The van der Waals surface area contributed by atoms with Gasteiger partial charge in [0.2, 0.25) is 0 Å². The highest BCUT2D eigenvalue weighted by Gasteiger charge is 2.12. The molecule has 0 fully saturated rings. The van der Waals surface area contributed by atoms with Gasteiger partial charge in [0, 0.05) is 0 Å². The molecule has 2 aliphatic carbocycles. The Labute approximate surface area is 55.6 Å². The van der Waals surface area contributed by atoms with Gasteiger partial charge in [0.05, 0.1) is 0 Å². The first-order valence-electron chi connectivity index (χ1n) is 3.42. The monoisotopic (exact) mass is 118 g/mol. The molecule has 0 heterocycles. The molecule has 0 radical (unpaired) electrons. The third-order valence-corrected chi connectivity index (χ3v) is 1.96. The quantitative estimate of drug-likeness (QED) is 0.458. The Balaban J connectivity index is 2.37. The second kappa shape index (κ2) is 1.60. The lowest BCUT2D eigenvalue weighted by atomic mass is 10.1. The molecule has 0 atom stereocenters. The summed E-state index contributed by atoms with van der Waals surface area (Å²) in [6.07, 6.45) is 9.18. The van der Waals surface area contributed by atoms with Gasteiger partial charge in [0.25, 0.3) is 0 Å². The van der Waals surface area contributed by atoms with Crippen molar-refractivity contribution in [3.8, 4) is 0 Å². The van der Waals surface area contributed by atoms with Gasteiger partial charge in [-0.2, -0.15) is 0 Å². The fourth-order valence-corrected chi connectivity index (χ4v) is 1.54. The van der Waals surface area contributed by atoms with E-state index in [4.69, 9.17) is 0 Å². The first kappa shape index (κ1) is 5.04. The summed E-state index contributed by atoms with van der Waals surface area (Å²) in [7, 11) is 0. The highest BCUT2D eigenvalue weighted by molar-refractivity contribution is 5.49. The normalized spacial score (nSPS) is 23.0. The lowest BCUT2D eigenvalue weighted by molar-refractivity contribution is 1.09. The van der Waals surface area contributed by atoms with Gasteiger partial charge < -0.3 is 0 Å². The van der Waals surface area contributed by atoms with Crippen molar-refractivity contribution >= 4 is 0 Å². The maximum atomic E-state index is 2.29. The first-order chi connectivity index (χ1) is 4.36. The van der Waals surface area contributed by atoms with Crippen LogP contribution in [0.4, 0.5) is 0 Å². The summed E-state index contributed by atoms with van der Waals surface area (Å²) >= 11 is 0. The summed E-state index contributed by atoms with van der Waals surface area (Å²) in [5, 5.41) is 0. The Kier molecular flexibility index (Phi) is 0.895. The van der Waals surface area contributed by atoms with Crippen LogP contribution in [0.25, 0.3) is 0 Å². The van der Waals surface area contributed by atoms with Gasteiger partial charge in [-0.1, -0.05) is 29.4 Å². The molecule has 0 aromatic heterocycles. The maximum absolute atomic E-state index is 2.29. The SMILES string of the molecule is CC1=CC2=C(CC=C2)C1. The molecule has 0 saturated heterocycles. The summed E-state index contributed by atoms with van der Waals surface area (Å²) < 4.78 is 0. The van der Waals surface area contributed by atoms with Gasteiger partial charge in [-0.3, -0.25) is 0 Å². The molecule has 0 spiro atoms. The molecule has 2 aliphatic rings. The second-order valence-corrected chi connectivity index (χ2v) is 2.83. The molecule has 2 rings (SSSR count). The van der Waals surface area contributed by atoms with Crippen LogP contribution < -0.4 is 0 Å². The lowest BCUT2D eigenvalue weighted by Crippen LogP contribution is -1.73. The molecule has 9 heavy (non-hydrogen) atoms. The van der Waals surface area contributed by atoms with E-state index in [1.807, 2.05) is 0 Å². The molecule has 0 nitrogen and oxygen atoms in total. The molecule has 0 saturated carbocycles. The van der Waals surface area contributed by atoms with Crippen molar-refractivity contribution in [3.63, 3.8) is 0 Å². The van der Waals surface area contributed by atoms with Crippen LogP contribution in [0.3, 0.4) is 0 Å². The number of hydrogen-bond acceptors (Lipinski definition) is 0. The van der Waals surface area contributed by atoms with E-state index in [1.54, 1.807) is 5.57 Å². The van der Waals surface area contributed by atoms with E-state index in [2.05, 4.69) is 25.2 Å². The fourth-order valence-electron chi connectivity index (χ4n) is 1.54. The van der Waals surface area contributed by atoms with Gasteiger partial charge in [0.15, 0.2) is 0 Å². The second-order valence-electron chi connectivity index (χ2n) is 2.83. The van der Waals surface area contributed by atoms with Crippen molar-refractivity contribution < 1.29 is 0 Å². The molecular formula is C9H10. The number of allylic oxidation sites excluding steroid dienone is 6. The van der Waals surface area contributed by atoms with Gasteiger partial charge in [-0.05, 0) is 25.3 Å². The summed E-state index contributed by atoms with van der Waals surface area (Å²) in [5.74, 6) is 0. The Morgan fingerprint density at radius 3 is 3.11 bits per heavy atom. The van der Waals surface area contributed by atoms with E-state index in [0.29, 0.717) is 0 Å². The zero-order valence-electron chi connectivity index (χ0n) is 5.65. The zero-order valence-corrected chi connectivity index (χ0v) is 5.65. The summed E-state index contributed by atoms with van der Waals surface area (Å²) in [4.78, 5) is 0. The van der Waals surface area contributed by atoms with Gasteiger partial charge in [-0.25, -0.2) is 0 Å². The third kappa shape index (κ3) is 0.663. The van der Waals surface area contributed by atoms with Crippen LogP contribution in [0, 0.1) is 0 Å². The van der Waals surface area contributed by atoms with Crippen LogP contribution in [0.15, 0.2) is 34.9 Å². The average Bonchev–Trinajstić information content (AvgIpc) is 2.22. The lowest BCUT2D eigenvalue weighted by Gasteiger charge is -1.92. The van der Waals surface area contributed by atoms with Gasteiger partial charge in [0.1, 0.15) is 0 Å². The summed E-state index contributed by atoms with van der Waals surface area (Å²) in [6.45, 7) is 2.20. The minimum atomic E-state index is 1.20. The number of hydrogen-bond donors (Lipinski definition) is 0. The predicted octanol–water partition coefficient (Wildman–Crippen LogP) is 2.59. The first-order valence-corrected chi connectivity index (χ1v) is 3.42. The number of rotatable bonds is 0. The van der Waals surface area contributed by atoms with E-state index in [9.17, 15) is 0 Å². The van der Waals surface area contributed by atoms with Crippen molar-refractivity contribution in [1.29, 1.82) is 0 Å². The average molecular weight is 118 g/mol. The van der Waals surface area contributed by atoms with E-state index in [0.717, 1.165) is 0 Å². The molecule has 0 N–H and O–H groups in total. The molecular weight excluding hydrogens is 108 g/mol. The van der Waals surface area contributed by atoms with Gasteiger partial charge in [-0.15, -0.1) is 0 Å². The molecule has 0 aromatic rings. The van der Waals surface area contributed by atoms with Crippen molar-refractivity contribution in [2.24, 2.45) is 0 Å². The molecule has 0 aliphatic heterocycles. The van der Waals surface area contributed by atoms with Crippen LogP contribution >= 0.6 is 0 Å². The van der Waals surface area contributed by atoms with E-state index in [1.165, 1.54) is 24.0 Å². The Morgan fingerprint density at radius 1 is 1.44 bits per heavy atom. The van der Waals surface area contributed by atoms with Crippen molar-refractivity contribution in [3.05, 3.63) is 34.9 Å². The minimum absolute atomic E-state index is 1.20. The maximum Gasteiger partial charge on any atom is -0.00958 e. The Bertz CT molecular complexity index is 226. The highest BCUT2D eigenvalue weighted by atomic mass is 14.2. The van der Waals surface area contributed by atoms with Crippen LogP contribution in [0.1, 0.15) is 19.8 Å². The molecule has 0 amide bonds. The largest absolute Gasteiger partial charge is 0.0798 e. The minimum Gasteiger partial charge on any atom is -0.0798 e. The molecule has 0 bridgehead atoms. The van der Waals surface area contributed by atoms with E-state index >= 15 is 0 Å². The van der Waals surface area contributed by atoms with Crippen LogP contribution in [-0.2, 0) is 0 Å². The van der Waals surface area contributed by atoms with Gasteiger partial charge >= 0.3 is 0 Å². The Hall–Kier alpha value is -0.780. The summed E-state index contributed by atoms with van der Waals surface area (Å²) in [6, 6.07) is 0. The van der Waals surface area contributed by atoms with Crippen molar-refractivity contribution in [1.82, 2.24) is 0 Å². The van der Waals surface area contributed by atoms with E-state index in [-0.39, 0.29) is 0 Å².